The molecule has 1 amide bonds. The van der Waals surface area contributed by atoms with Gasteiger partial charge in [0.15, 0.2) is 5.65 Å². The predicted molar refractivity (Wildman–Crippen MR) is 173 cm³/mol. The molecule has 3 aliphatic heterocycles. The molecule has 46 heavy (non-hydrogen) atoms. The summed E-state index contributed by atoms with van der Waals surface area (Å²) in [7, 11) is 0. The molecule has 0 bridgehead atoms. The van der Waals surface area contributed by atoms with Gasteiger partial charge in [0.1, 0.15) is 5.82 Å². The van der Waals surface area contributed by atoms with Crippen LogP contribution in [0.4, 0.5) is 10.1 Å². The molecule has 0 spiro atoms. The van der Waals surface area contributed by atoms with Gasteiger partial charge in [-0.15, -0.1) is 5.10 Å². The Morgan fingerprint density at radius 2 is 1.96 bits per heavy atom. The number of aliphatic hydroxyl groups excluding tert-OH is 1. The van der Waals surface area contributed by atoms with Crippen LogP contribution >= 0.6 is 0 Å². The van der Waals surface area contributed by atoms with Crippen molar-refractivity contribution in [3.05, 3.63) is 63.5 Å². The van der Waals surface area contributed by atoms with Crippen molar-refractivity contribution in [2.24, 2.45) is 0 Å². The number of hydrogen-bond donors (Lipinski definition) is 2. The first-order valence-electron chi connectivity index (χ1n) is 16.7. The number of ether oxygens (including phenoxy) is 1. The van der Waals surface area contributed by atoms with Gasteiger partial charge in [-0.25, -0.2) is 18.3 Å². The van der Waals surface area contributed by atoms with Crippen LogP contribution in [0.1, 0.15) is 63.4 Å². The number of halogens is 1. The van der Waals surface area contributed by atoms with Gasteiger partial charge in [-0.3, -0.25) is 14.6 Å². The zero-order chi connectivity index (χ0) is 32.3. The van der Waals surface area contributed by atoms with Crippen LogP contribution in [0.2, 0.25) is 0 Å². The second kappa shape index (κ2) is 12.1. The monoisotopic (exact) mass is 635 g/mol. The minimum absolute atomic E-state index is 0.00268. The van der Waals surface area contributed by atoms with Crippen LogP contribution in [0.5, 0.6) is 0 Å². The van der Waals surface area contributed by atoms with Crippen LogP contribution in [-0.4, -0.2) is 112 Å². The summed E-state index contributed by atoms with van der Waals surface area (Å²) in [6.45, 7) is 14.0. The lowest BCUT2D eigenvalue weighted by atomic mass is 9.89. The zero-order valence-corrected chi connectivity index (χ0v) is 27.3. The van der Waals surface area contributed by atoms with E-state index in [9.17, 15) is 19.1 Å². The maximum absolute atomic E-state index is 14.4. The average molecular weight is 636 g/mol. The summed E-state index contributed by atoms with van der Waals surface area (Å²) in [4.78, 5) is 35.1. The summed E-state index contributed by atoms with van der Waals surface area (Å²) in [6.07, 6.45) is 1.12. The quantitative estimate of drug-likeness (QED) is 0.406. The van der Waals surface area contributed by atoms with E-state index < -0.39 is 11.5 Å². The fourth-order valence-electron chi connectivity index (χ4n) is 7.72. The summed E-state index contributed by atoms with van der Waals surface area (Å²) in [5.41, 5.74) is 2.83. The lowest BCUT2D eigenvalue weighted by Crippen LogP contribution is -2.62. The van der Waals surface area contributed by atoms with E-state index in [1.165, 1.54) is 16.8 Å². The van der Waals surface area contributed by atoms with Crippen molar-refractivity contribution in [1.29, 1.82) is 0 Å². The first-order chi connectivity index (χ1) is 22.0. The van der Waals surface area contributed by atoms with E-state index in [0.29, 0.717) is 37.5 Å². The Morgan fingerprint density at radius 3 is 2.65 bits per heavy atom. The Balaban J connectivity index is 1.25. The maximum atomic E-state index is 14.4. The van der Waals surface area contributed by atoms with Gasteiger partial charge in [0, 0.05) is 68.2 Å². The Bertz CT molecular complexity index is 1670. The number of carbonyl (C=O) groups excluding carboxylic acids is 1. The summed E-state index contributed by atoms with van der Waals surface area (Å²) in [5.74, 6) is -0.313. The standard InChI is InChI=1S/C34H46FN7O4/c1-21-16-39(26(15-36-21)17-38-11-12-46-19-22(38)2)18-30(44)40-20-34(3,4)31-28(40)14-24(13-23-5-7-25(35)8-6-23)32-37-42(33(45)41(31)32)27-9-10-29(27)43/h5-8,14,21-22,26-27,29,36,43H,9-13,15-20H2,1-4H3/t21-,22-,26-,27?,29?/m1/s1. The number of fused-ring (bicyclic) bond motifs is 3. The summed E-state index contributed by atoms with van der Waals surface area (Å²) < 4.78 is 22.5. The number of morpholine rings is 1. The van der Waals surface area contributed by atoms with E-state index in [2.05, 4.69) is 42.8 Å². The summed E-state index contributed by atoms with van der Waals surface area (Å²) in [5, 5.41) is 18.8. The van der Waals surface area contributed by atoms with Crippen molar-refractivity contribution in [1.82, 2.24) is 29.3 Å². The molecule has 7 rings (SSSR count). The van der Waals surface area contributed by atoms with Crippen molar-refractivity contribution >= 4 is 17.2 Å². The Morgan fingerprint density at radius 1 is 1.17 bits per heavy atom. The third kappa shape index (κ3) is 5.68. The van der Waals surface area contributed by atoms with E-state index in [1.54, 1.807) is 16.5 Å². The second-order valence-corrected chi connectivity index (χ2v) is 14.5. The van der Waals surface area contributed by atoms with Crippen molar-refractivity contribution in [3.8, 4) is 0 Å². The third-order valence-corrected chi connectivity index (χ3v) is 10.5. The average Bonchev–Trinajstić information content (AvgIpc) is 3.48. The Labute approximate surface area is 268 Å². The van der Waals surface area contributed by atoms with Gasteiger partial charge in [-0.2, -0.15) is 0 Å². The van der Waals surface area contributed by atoms with Gasteiger partial charge in [-0.05, 0) is 50.5 Å². The number of hydrogen-bond acceptors (Lipinski definition) is 8. The molecule has 12 heteroatoms. The minimum atomic E-state index is -0.614. The highest BCUT2D eigenvalue weighted by atomic mass is 19.1. The van der Waals surface area contributed by atoms with Gasteiger partial charge in [0.2, 0.25) is 5.91 Å². The third-order valence-electron chi connectivity index (χ3n) is 10.5. The number of rotatable bonds is 7. The highest BCUT2D eigenvalue weighted by molar-refractivity contribution is 5.98. The number of anilines is 1. The number of piperazine rings is 1. The van der Waals surface area contributed by atoms with Crippen molar-refractivity contribution in [2.45, 2.75) is 82.6 Å². The molecule has 11 nitrogen and oxygen atoms in total. The lowest BCUT2D eigenvalue weighted by Gasteiger charge is -2.43. The molecule has 2 unspecified atom stereocenters. The van der Waals surface area contributed by atoms with Gasteiger partial charge < -0.3 is 20.1 Å². The molecule has 2 saturated heterocycles. The molecule has 5 heterocycles. The van der Waals surface area contributed by atoms with E-state index in [-0.39, 0.29) is 42.1 Å². The predicted octanol–water partition coefficient (Wildman–Crippen LogP) is 1.93. The van der Waals surface area contributed by atoms with Crippen LogP contribution in [0.25, 0.3) is 5.65 Å². The molecule has 3 aromatic rings. The fourth-order valence-corrected chi connectivity index (χ4v) is 7.72. The number of nitrogens with one attached hydrogen (secondary N) is 1. The lowest BCUT2D eigenvalue weighted by molar-refractivity contribution is -0.121. The molecule has 1 aromatic carbocycles. The topological polar surface area (TPSA) is 108 Å². The van der Waals surface area contributed by atoms with Gasteiger partial charge in [0.25, 0.3) is 0 Å². The van der Waals surface area contributed by atoms with Crippen LogP contribution < -0.4 is 15.9 Å². The zero-order valence-electron chi connectivity index (χ0n) is 27.3. The molecular weight excluding hydrogens is 589 g/mol. The number of aliphatic hydroxyl groups is 1. The molecule has 248 valence electrons. The van der Waals surface area contributed by atoms with E-state index in [1.807, 2.05) is 11.0 Å². The largest absolute Gasteiger partial charge is 0.391 e. The number of nitrogens with zero attached hydrogens (tertiary/aromatic N) is 6. The number of amides is 1. The summed E-state index contributed by atoms with van der Waals surface area (Å²) >= 11 is 0. The van der Waals surface area contributed by atoms with Crippen molar-refractivity contribution in [2.75, 3.05) is 57.4 Å². The molecule has 4 aliphatic rings. The Hall–Kier alpha value is -3.16. The maximum Gasteiger partial charge on any atom is 0.351 e. The molecule has 2 N–H and O–H groups in total. The molecule has 1 aliphatic carbocycles. The van der Waals surface area contributed by atoms with Gasteiger partial charge in [0.05, 0.1) is 43.3 Å². The smallest absolute Gasteiger partial charge is 0.351 e. The Kier molecular flexibility index (Phi) is 8.29. The molecular formula is C34H46FN7O4. The molecule has 0 radical (unpaired) electrons. The number of aromatic nitrogens is 3. The molecule has 5 atom stereocenters. The number of pyridine rings is 1. The van der Waals surface area contributed by atoms with Crippen LogP contribution in [0, 0.1) is 5.82 Å². The van der Waals surface area contributed by atoms with E-state index >= 15 is 0 Å². The normalized spacial score (nSPS) is 28.4. The van der Waals surface area contributed by atoms with Gasteiger partial charge >= 0.3 is 5.69 Å². The van der Waals surface area contributed by atoms with Crippen LogP contribution in [0.15, 0.2) is 35.1 Å². The van der Waals surface area contributed by atoms with Crippen LogP contribution in [0.3, 0.4) is 0 Å². The van der Waals surface area contributed by atoms with Crippen molar-refractivity contribution in [3.63, 3.8) is 0 Å². The first kappa shape index (κ1) is 31.4. The first-order valence-corrected chi connectivity index (χ1v) is 16.7. The summed E-state index contributed by atoms with van der Waals surface area (Å²) in [6, 6.07) is 8.73. The van der Waals surface area contributed by atoms with E-state index in [0.717, 1.165) is 61.9 Å². The fraction of sp³-hybridized carbons (Fsp3) is 0.618. The second-order valence-electron chi connectivity index (χ2n) is 14.5. The van der Waals surface area contributed by atoms with Crippen LogP contribution in [-0.2, 0) is 21.4 Å². The number of carbonyl (C=O) groups is 1. The molecule has 1 saturated carbocycles. The van der Waals surface area contributed by atoms with Crippen molar-refractivity contribution < 1.29 is 19.0 Å². The highest BCUT2D eigenvalue weighted by Gasteiger charge is 2.44. The highest BCUT2D eigenvalue weighted by Crippen LogP contribution is 2.42. The van der Waals surface area contributed by atoms with Gasteiger partial charge in [-0.1, -0.05) is 26.0 Å². The molecule has 2 aromatic heterocycles. The molecule has 3 fully saturated rings. The number of benzene rings is 1. The van der Waals surface area contributed by atoms with E-state index in [4.69, 9.17) is 9.84 Å². The SMILES string of the molecule is C[C@@H]1CN(CC(=O)N2CC(C)(C)c3c2cc(Cc2ccc(F)cc2)c2nn(C4CCC4O)c(=O)n32)[C@@H](CN2CCOC[C@H]2C)CN1. The minimum Gasteiger partial charge on any atom is -0.391 e.